The molecule has 0 aromatic carbocycles. The van der Waals surface area contributed by atoms with Crippen molar-refractivity contribution in [3.05, 3.63) is 0 Å². The molecule has 2 saturated carbocycles. The number of rotatable bonds is 1. The van der Waals surface area contributed by atoms with Crippen molar-refractivity contribution in [2.75, 3.05) is 0 Å². The average molecular weight is 168 g/mol. The maximum Gasteiger partial charge on any atom is 0.0543 e. The molecule has 0 aromatic rings. The normalized spacial score (nSPS) is 44.0. The highest BCUT2D eigenvalue weighted by atomic mass is 16.3. The van der Waals surface area contributed by atoms with E-state index in [-0.39, 0.29) is 6.10 Å². The summed E-state index contributed by atoms with van der Waals surface area (Å²) >= 11 is 0. The Labute approximate surface area is 75.2 Å². The Bertz CT molecular complexity index is 153. The quantitative estimate of drug-likeness (QED) is 0.638. The van der Waals surface area contributed by atoms with E-state index >= 15 is 0 Å². The number of hydrogen-bond acceptors (Lipinski definition) is 1. The Morgan fingerprint density at radius 3 is 2.58 bits per heavy atom. The van der Waals surface area contributed by atoms with Crippen LogP contribution in [0.3, 0.4) is 0 Å². The van der Waals surface area contributed by atoms with Gasteiger partial charge in [0.15, 0.2) is 0 Å². The Balaban J connectivity index is 2.01. The fraction of sp³-hybridized carbons (Fsp3) is 1.00. The molecule has 0 bridgehead atoms. The van der Waals surface area contributed by atoms with Gasteiger partial charge in [0.05, 0.1) is 6.10 Å². The summed E-state index contributed by atoms with van der Waals surface area (Å²) in [7, 11) is 0. The zero-order valence-electron chi connectivity index (χ0n) is 8.00. The first-order valence-electron chi connectivity index (χ1n) is 5.47. The molecule has 0 heterocycles. The van der Waals surface area contributed by atoms with Gasteiger partial charge >= 0.3 is 0 Å². The molecule has 12 heavy (non-hydrogen) atoms. The van der Waals surface area contributed by atoms with Crippen LogP contribution in [0, 0.1) is 17.8 Å². The van der Waals surface area contributed by atoms with Crippen LogP contribution >= 0.6 is 0 Å². The molecule has 0 radical (unpaired) electrons. The molecule has 0 spiro atoms. The van der Waals surface area contributed by atoms with Crippen molar-refractivity contribution in [3.63, 3.8) is 0 Å². The Morgan fingerprint density at radius 1 is 1.08 bits per heavy atom. The van der Waals surface area contributed by atoms with Crippen molar-refractivity contribution in [2.24, 2.45) is 17.8 Å². The molecule has 4 atom stereocenters. The number of aliphatic hydroxyl groups excluding tert-OH is 1. The van der Waals surface area contributed by atoms with E-state index in [0.717, 1.165) is 11.8 Å². The lowest BCUT2D eigenvalue weighted by Crippen LogP contribution is -2.26. The van der Waals surface area contributed by atoms with E-state index in [0.29, 0.717) is 5.92 Å². The second-order valence-electron chi connectivity index (χ2n) is 4.69. The minimum Gasteiger partial charge on any atom is -0.393 e. The molecule has 0 aromatic heterocycles. The highest BCUT2D eigenvalue weighted by Gasteiger charge is 2.39. The van der Waals surface area contributed by atoms with E-state index in [2.05, 4.69) is 0 Å². The highest BCUT2D eigenvalue weighted by molar-refractivity contribution is 4.89. The van der Waals surface area contributed by atoms with Gasteiger partial charge in [0, 0.05) is 0 Å². The summed E-state index contributed by atoms with van der Waals surface area (Å²) in [5.41, 5.74) is 0. The van der Waals surface area contributed by atoms with Crippen LogP contribution in [0.4, 0.5) is 0 Å². The molecule has 2 rings (SSSR count). The summed E-state index contributed by atoms with van der Waals surface area (Å²) in [6.45, 7) is 1.97. The lowest BCUT2D eigenvalue weighted by Gasteiger charge is -2.30. The van der Waals surface area contributed by atoms with Crippen LogP contribution in [-0.2, 0) is 0 Å². The largest absolute Gasteiger partial charge is 0.393 e. The van der Waals surface area contributed by atoms with Crippen LogP contribution in [0.5, 0.6) is 0 Å². The lowest BCUT2D eigenvalue weighted by atomic mass is 9.77. The van der Waals surface area contributed by atoms with Crippen LogP contribution in [0.2, 0.25) is 0 Å². The fourth-order valence-corrected chi connectivity index (χ4v) is 3.38. The molecular weight excluding hydrogens is 148 g/mol. The predicted octanol–water partition coefficient (Wildman–Crippen LogP) is 2.58. The van der Waals surface area contributed by atoms with E-state index < -0.39 is 0 Å². The van der Waals surface area contributed by atoms with Gasteiger partial charge < -0.3 is 5.11 Å². The van der Waals surface area contributed by atoms with Gasteiger partial charge in [-0.1, -0.05) is 19.3 Å². The standard InChI is InChI=1S/C11H20O/c1-8(12)10-7-6-9-4-2-3-5-11(9)10/h8-12H,2-7H2,1H3. The third-order valence-electron chi connectivity index (χ3n) is 4.01. The molecule has 2 aliphatic rings. The highest BCUT2D eigenvalue weighted by Crippen LogP contribution is 2.46. The first-order chi connectivity index (χ1) is 5.79. The van der Waals surface area contributed by atoms with E-state index in [4.69, 9.17) is 0 Å². The van der Waals surface area contributed by atoms with E-state index in [1.807, 2.05) is 6.92 Å². The SMILES string of the molecule is CC(O)C1CCC2CCCCC21. The molecule has 2 fully saturated rings. The maximum atomic E-state index is 9.59. The second kappa shape index (κ2) is 3.37. The molecule has 2 aliphatic carbocycles. The predicted molar refractivity (Wildman–Crippen MR) is 49.9 cm³/mol. The van der Waals surface area contributed by atoms with Crippen molar-refractivity contribution in [1.82, 2.24) is 0 Å². The van der Waals surface area contributed by atoms with Crippen molar-refractivity contribution >= 4 is 0 Å². The minimum atomic E-state index is -0.0573. The first kappa shape index (κ1) is 8.55. The third kappa shape index (κ3) is 1.39. The summed E-state index contributed by atoms with van der Waals surface area (Å²) in [4.78, 5) is 0. The van der Waals surface area contributed by atoms with Gasteiger partial charge in [-0.15, -0.1) is 0 Å². The van der Waals surface area contributed by atoms with Crippen LogP contribution in [0.25, 0.3) is 0 Å². The minimum absolute atomic E-state index is 0.0573. The van der Waals surface area contributed by atoms with Gasteiger partial charge in [-0.2, -0.15) is 0 Å². The smallest absolute Gasteiger partial charge is 0.0543 e. The van der Waals surface area contributed by atoms with Crippen molar-refractivity contribution in [1.29, 1.82) is 0 Å². The Hall–Kier alpha value is -0.0400. The van der Waals surface area contributed by atoms with Gasteiger partial charge in [0.1, 0.15) is 0 Å². The van der Waals surface area contributed by atoms with E-state index in [1.54, 1.807) is 0 Å². The monoisotopic (exact) mass is 168 g/mol. The topological polar surface area (TPSA) is 20.2 Å². The Morgan fingerprint density at radius 2 is 1.83 bits per heavy atom. The maximum absolute atomic E-state index is 9.59. The molecule has 0 amide bonds. The molecule has 1 nitrogen and oxygen atoms in total. The second-order valence-corrected chi connectivity index (χ2v) is 4.69. The lowest BCUT2D eigenvalue weighted by molar-refractivity contribution is 0.0806. The zero-order chi connectivity index (χ0) is 8.55. The van der Waals surface area contributed by atoms with Gasteiger partial charge in [-0.05, 0) is 43.9 Å². The molecule has 1 heteroatoms. The fourth-order valence-electron chi connectivity index (χ4n) is 3.38. The van der Waals surface area contributed by atoms with Crippen molar-refractivity contribution < 1.29 is 5.11 Å². The van der Waals surface area contributed by atoms with Gasteiger partial charge in [-0.3, -0.25) is 0 Å². The number of aliphatic hydroxyl groups is 1. The summed E-state index contributed by atoms with van der Waals surface area (Å²) < 4.78 is 0. The summed E-state index contributed by atoms with van der Waals surface area (Å²) in [5.74, 6) is 2.48. The first-order valence-corrected chi connectivity index (χ1v) is 5.47. The summed E-state index contributed by atoms with van der Waals surface area (Å²) in [6, 6.07) is 0. The number of hydrogen-bond donors (Lipinski definition) is 1. The summed E-state index contributed by atoms with van der Waals surface area (Å²) in [6.07, 6.45) is 8.29. The molecular formula is C11H20O. The molecule has 1 N–H and O–H groups in total. The van der Waals surface area contributed by atoms with E-state index in [9.17, 15) is 5.11 Å². The molecule has 70 valence electrons. The van der Waals surface area contributed by atoms with Crippen LogP contribution in [0.1, 0.15) is 45.4 Å². The zero-order valence-corrected chi connectivity index (χ0v) is 8.00. The Kier molecular flexibility index (Phi) is 2.40. The molecule has 0 saturated heterocycles. The van der Waals surface area contributed by atoms with Crippen LogP contribution < -0.4 is 0 Å². The molecule has 0 aliphatic heterocycles. The van der Waals surface area contributed by atoms with Crippen molar-refractivity contribution in [2.45, 2.75) is 51.6 Å². The van der Waals surface area contributed by atoms with Gasteiger partial charge in [0.2, 0.25) is 0 Å². The van der Waals surface area contributed by atoms with Crippen LogP contribution in [0.15, 0.2) is 0 Å². The van der Waals surface area contributed by atoms with Gasteiger partial charge in [0.25, 0.3) is 0 Å². The third-order valence-corrected chi connectivity index (χ3v) is 4.01. The molecule has 4 unspecified atom stereocenters. The summed E-state index contributed by atoms with van der Waals surface area (Å²) in [5, 5.41) is 9.59. The number of fused-ring (bicyclic) bond motifs is 1. The van der Waals surface area contributed by atoms with Crippen LogP contribution in [-0.4, -0.2) is 11.2 Å². The van der Waals surface area contributed by atoms with Gasteiger partial charge in [-0.25, -0.2) is 0 Å². The van der Waals surface area contributed by atoms with E-state index in [1.165, 1.54) is 38.5 Å². The average Bonchev–Trinajstić information content (AvgIpc) is 2.47. The van der Waals surface area contributed by atoms with Crippen molar-refractivity contribution in [3.8, 4) is 0 Å².